The van der Waals surface area contributed by atoms with E-state index in [0.29, 0.717) is 18.8 Å². The molecule has 1 aromatic carbocycles. The Morgan fingerprint density at radius 3 is 2.74 bits per heavy atom. The number of carbonyl (C=O) groups excluding carboxylic acids is 2. The van der Waals surface area contributed by atoms with E-state index in [0.717, 1.165) is 25.2 Å². The maximum Gasteiger partial charge on any atom is 0.251 e. The van der Waals surface area contributed by atoms with Crippen molar-refractivity contribution in [2.45, 2.75) is 38.3 Å². The fourth-order valence-electron chi connectivity index (χ4n) is 3.00. The summed E-state index contributed by atoms with van der Waals surface area (Å²) in [5.74, 6) is 0.351. The van der Waals surface area contributed by atoms with Gasteiger partial charge in [0.2, 0.25) is 5.91 Å². The van der Waals surface area contributed by atoms with Gasteiger partial charge in [-0.05, 0) is 44.0 Å². The average molecular weight is 318 g/mol. The Kier molecular flexibility index (Phi) is 4.93. The molecular weight excluding hydrogens is 296 g/mol. The van der Waals surface area contributed by atoms with E-state index in [1.807, 2.05) is 6.92 Å². The summed E-state index contributed by atoms with van der Waals surface area (Å²) in [7, 11) is 0. The van der Waals surface area contributed by atoms with Gasteiger partial charge in [-0.25, -0.2) is 4.90 Å². The molecule has 2 atom stereocenters. The Labute approximate surface area is 135 Å². The van der Waals surface area contributed by atoms with Crippen LogP contribution in [-0.4, -0.2) is 43.7 Å². The third kappa shape index (κ3) is 3.54. The van der Waals surface area contributed by atoms with Crippen LogP contribution in [0.4, 0.5) is 5.69 Å². The van der Waals surface area contributed by atoms with Crippen LogP contribution in [0.25, 0.3) is 0 Å². The van der Waals surface area contributed by atoms with Gasteiger partial charge in [0.25, 0.3) is 5.91 Å². The largest absolute Gasteiger partial charge is 0.494 e. The second-order valence-electron chi connectivity index (χ2n) is 5.79. The number of nitrogens with zero attached hydrogens (tertiary/aromatic N) is 1. The van der Waals surface area contributed by atoms with Crippen LogP contribution in [0.3, 0.4) is 0 Å². The van der Waals surface area contributed by atoms with Crippen molar-refractivity contribution in [2.24, 2.45) is 0 Å². The predicted octanol–water partition coefficient (Wildman–Crippen LogP) is 1.49. The molecule has 2 saturated heterocycles. The number of ether oxygens (including phenoxy) is 2. The third-order valence-corrected chi connectivity index (χ3v) is 4.17. The monoisotopic (exact) mass is 318 g/mol. The molecular formula is C17H22N2O4. The Morgan fingerprint density at radius 1 is 1.30 bits per heavy atom. The first-order valence-corrected chi connectivity index (χ1v) is 8.13. The summed E-state index contributed by atoms with van der Waals surface area (Å²) >= 11 is 0. The molecule has 2 fully saturated rings. The molecule has 0 bridgehead atoms. The lowest BCUT2D eigenvalue weighted by Gasteiger charge is -2.17. The lowest BCUT2D eigenvalue weighted by atomic mass is 10.2. The lowest BCUT2D eigenvalue weighted by Crippen LogP contribution is -2.41. The van der Waals surface area contributed by atoms with Crippen LogP contribution in [0.1, 0.15) is 26.2 Å². The van der Waals surface area contributed by atoms with Gasteiger partial charge in [-0.15, -0.1) is 0 Å². The normalized spacial score (nSPS) is 24.5. The number of amides is 2. The molecule has 0 spiro atoms. The lowest BCUT2D eigenvalue weighted by molar-refractivity contribution is -0.121. The van der Waals surface area contributed by atoms with Crippen LogP contribution in [0, 0.1) is 0 Å². The molecule has 23 heavy (non-hydrogen) atoms. The van der Waals surface area contributed by atoms with Gasteiger partial charge in [0, 0.05) is 13.2 Å². The first kappa shape index (κ1) is 16.0. The van der Waals surface area contributed by atoms with E-state index in [-0.39, 0.29) is 24.3 Å². The summed E-state index contributed by atoms with van der Waals surface area (Å²) in [4.78, 5) is 26.0. The maximum absolute atomic E-state index is 12.5. The van der Waals surface area contributed by atoms with Gasteiger partial charge in [0.1, 0.15) is 5.75 Å². The maximum atomic E-state index is 12.5. The van der Waals surface area contributed by atoms with Crippen molar-refractivity contribution in [3.63, 3.8) is 0 Å². The number of nitrogens with one attached hydrogen (secondary N) is 1. The van der Waals surface area contributed by atoms with Crippen LogP contribution < -0.4 is 15.0 Å². The SMILES string of the molecule is CCOc1ccc(N2C(=O)C[C@@H](NC[C@H]3CCCO3)C2=O)cc1. The summed E-state index contributed by atoms with van der Waals surface area (Å²) < 4.78 is 10.9. The zero-order valence-corrected chi connectivity index (χ0v) is 13.3. The fraction of sp³-hybridized carbons (Fsp3) is 0.529. The highest BCUT2D eigenvalue weighted by atomic mass is 16.5. The van der Waals surface area contributed by atoms with Crippen LogP contribution in [0.15, 0.2) is 24.3 Å². The van der Waals surface area contributed by atoms with Crippen molar-refractivity contribution in [3.8, 4) is 5.75 Å². The van der Waals surface area contributed by atoms with E-state index in [1.165, 1.54) is 4.90 Å². The Hall–Kier alpha value is -1.92. The van der Waals surface area contributed by atoms with Crippen LogP contribution in [0.5, 0.6) is 5.75 Å². The van der Waals surface area contributed by atoms with Crippen LogP contribution >= 0.6 is 0 Å². The minimum absolute atomic E-state index is 0.150. The molecule has 0 saturated carbocycles. The minimum Gasteiger partial charge on any atom is -0.494 e. The van der Waals surface area contributed by atoms with E-state index in [1.54, 1.807) is 24.3 Å². The minimum atomic E-state index is -0.460. The molecule has 2 aliphatic rings. The molecule has 0 aliphatic carbocycles. The molecule has 2 heterocycles. The molecule has 1 aromatic rings. The van der Waals surface area contributed by atoms with Gasteiger partial charge in [0.05, 0.1) is 30.9 Å². The highest BCUT2D eigenvalue weighted by Gasteiger charge is 2.39. The Balaban J connectivity index is 1.63. The highest BCUT2D eigenvalue weighted by Crippen LogP contribution is 2.25. The molecule has 2 aliphatic heterocycles. The summed E-state index contributed by atoms with van der Waals surface area (Å²) in [6.07, 6.45) is 2.41. The smallest absolute Gasteiger partial charge is 0.251 e. The van der Waals surface area contributed by atoms with Gasteiger partial charge in [-0.2, -0.15) is 0 Å². The number of rotatable bonds is 6. The summed E-state index contributed by atoms with van der Waals surface area (Å²) in [6.45, 7) is 3.88. The first-order chi connectivity index (χ1) is 11.2. The van der Waals surface area contributed by atoms with Crippen molar-refractivity contribution in [3.05, 3.63) is 24.3 Å². The van der Waals surface area contributed by atoms with Gasteiger partial charge in [0.15, 0.2) is 0 Å². The molecule has 0 aromatic heterocycles. The number of hydrogen-bond acceptors (Lipinski definition) is 5. The summed E-state index contributed by atoms with van der Waals surface area (Å²) in [5, 5.41) is 3.17. The molecule has 0 unspecified atom stereocenters. The quantitative estimate of drug-likeness (QED) is 0.805. The third-order valence-electron chi connectivity index (χ3n) is 4.17. The van der Waals surface area contributed by atoms with Crippen LogP contribution in [0.2, 0.25) is 0 Å². The summed E-state index contributed by atoms with van der Waals surface area (Å²) in [6, 6.07) is 6.56. The van der Waals surface area contributed by atoms with Gasteiger partial charge >= 0.3 is 0 Å². The zero-order chi connectivity index (χ0) is 16.2. The fourth-order valence-corrected chi connectivity index (χ4v) is 3.00. The number of benzene rings is 1. The molecule has 6 heteroatoms. The number of hydrogen-bond donors (Lipinski definition) is 1. The molecule has 1 N–H and O–H groups in total. The topological polar surface area (TPSA) is 67.9 Å². The van der Waals surface area contributed by atoms with Crippen LogP contribution in [-0.2, 0) is 14.3 Å². The first-order valence-electron chi connectivity index (χ1n) is 8.13. The Morgan fingerprint density at radius 2 is 2.09 bits per heavy atom. The number of anilines is 1. The molecule has 124 valence electrons. The average Bonchev–Trinajstić information content (AvgIpc) is 3.15. The van der Waals surface area contributed by atoms with Gasteiger partial charge in [-0.1, -0.05) is 0 Å². The van der Waals surface area contributed by atoms with Crippen molar-refractivity contribution in [2.75, 3.05) is 24.7 Å². The van der Waals surface area contributed by atoms with E-state index in [9.17, 15) is 9.59 Å². The standard InChI is InChI=1S/C17H22N2O4/c1-2-22-13-7-5-12(6-8-13)19-16(20)10-15(17(19)21)18-11-14-4-3-9-23-14/h5-8,14-15,18H,2-4,9-11H2,1H3/t14-,15-/m1/s1. The van der Waals surface area contributed by atoms with Crippen molar-refractivity contribution in [1.82, 2.24) is 5.32 Å². The Bertz CT molecular complexity index is 566. The van der Waals surface area contributed by atoms with Crippen molar-refractivity contribution >= 4 is 17.5 Å². The molecule has 0 radical (unpaired) electrons. The van der Waals surface area contributed by atoms with Gasteiger partial charge in [-0.3, -0.25) is 9.59 Å². The van der Waals surface area contributed by atoms with Crippen molar-refractivity contribution in [1.29, 1.82) is 0 Å². The van der Waals surface area contributed by atoms with Crippen molar-refractivity contribution < 1.29 is 19.1 Å². The second-order valence-corrected chi connectivity index (χ2v) is 5.79. The molecule has 6 nitrogen and oxygen atoms in total. The predicted molar refractivity (Wildman–Crippen MR) is 85.5 cm³/mol. The van der Waals surface area contributed by atoms with E-state index in [2.05, 4.69) is 5.32 Å². The van der Waals surface area contributed by atoms with Gasteiger partial charge < -0.3 is 14.8 Å². The highest BCUT2D eigenvalue weighted by molar-refractivity contribution is 6.22. The van der Waals surface area contributed by atoms with E-state index >= 15 is 0 Å². The van der Waals surface area contributed by atoms with E-state index < -0.39 is 6.04 Å². The number of imide groups is 1. The summed E-state index contributed by atoms with van der Waals surface area (Å²) in [5.41, 5.74) is 0.588. The molecule has 2 amide bonds. The molecule has 3 rings (SSSR count). The second kappa shape index (κ2) is 7.10. The van der Waals surface area contributed by atoms with E-state index in [4.69, 9.17) is 9.47 Å². The number of carbonyl (C=O) groups is 2. The zero-order valence-electron chi connectivity index (χ0n) is 13.3.